The van der Waals surface area contributed by atoms with Gasteiger partial charge in [-0.25, -0.2) is 9.97 Å². The lowest BCUT2D eigenvalue weighted by atomic mass is 9.79. The van der Waals surface area contributed by atoms with Gasteiger partial charge in [-0.05, 0) is 44.9 Å². The average Bonchev–Trinajstić information content (AvgIpc) is 3.40. The van der Waals surface area contributed by atoms with Crippen LogP contribution in [-0.4, -0.2) is 57.3 Å². The van der Waals surface area contributed by atoms with Crippen molar-refractivity contribution in [2.75, 3.05) is 24.5 Å². The smallest absolute Gasteiger partial charge is 0.389 e. The van der Waals surface area contributed by atoms with Crippen molar-refractivity contribution in [3.63, 3.8) is 0 Å². The number of likely N-dealkylation sites (tertiary alicyclic amines) is 1. The molecule has 1 aromatic rings. The van der Waals surface area contributed by atoms with Crippen molar-refractivity contribution in [1.29, 1.82) is 0 Å². The maximum absolute atomic E-state index is 13.0. The number of hydrogen-bond acceptors (Lipinski definition) is 5. The third-order valence-corrected chi connectivity index (χ3v) is 5.90. The van der Waals surface area contributed by atoms with Crippen LogP contribution in [0.4, 0.5) is 19.0 Å². The number of aromatic nitrogens is 2. The van der Waals surface area contributed by atoms with Crippen LogP contribution in [0.15, 0.2) is 12.4 Å². The minimum Gasteiger partial charge on any atom is -0.389 e. The Kier molecular flexibility index (Phi) is 4.59. The van der Waals surface area contributed by atoms with Crippen LogP contribution in [0.3, 0.4) is 0 Å². The first-order valence-electron chi connectivity index (χ1n) is 9.46. The second-order valence-electron chi connectivity index (χ2n) is 7.98. The zero-order valence-corrected chi connectivity index (χ0v) is 14.8. The van der Waals surface area contributed by atoms with Crippen LogP contribution in [0.5, 0.6) is 0 Å². The predicted molar refractivity (Wildman–Crippen MR) is 90.8 cm³/mol. The summed E-state index contributed by atoms with van der Waals surface area (Å²) in [5.74, 6) is 0.394. The molecule has 0 bridgehead atoms. The molecular formula is C18H25F3N4O. The fourth-order valence-electron chi connectivity index (χ4n) is 4.18. The second-order valence-corrected chi connectivity index (χ2v) is 7.98. The topological polar surface area (TPSA) is 52.5 Å². The molecule has 3 aliphatic rings. The summed E-state index contributed by atoms with van der Waals surface area (Å²) in [5.41, 5.74) is -1.39. The quantitative estimate of drug-likeness (QED) is 0.864. The molecule has 4 rings (SSSR count). The zero-order chi connectivity index (χ0) is 18.4. The van der Waals surface area contributed by atoms with E-state index in [0.717, 1.165) is 77.0 Å². The summed E-state index contributed by atoms with van der Waals surface area (Å²) in [6, 6.07) is 1.58. The highest BCUT2D eigenvalue weighted by Crippen LogP contribution is 2.38. The van der Waals surface area contributed by atoms with E-state index in [2.05, 4.69) is 19.8 Å². The van der Waals surface area contributed by atoms with Gasteiger partial charge in [0.05, 0.1) is 5.60 Å². The van der Waals surface area contributed by atoms with Crippen LogP contribution < -0.4 is 4.90 Å². The molecule has 1 aromatic heterocycles. The van der Waals surface area contributed by atoms with Gasteiger partial charge in [0.15, 0.2) is 0 Å². The van der Waals surface area contributed by atoms with Crippen molar-refractivity contribution in [3.8, 4) is 0 Å². The van der Waals surface area contributed by atoms with Gasteiger partial charge in [0.25, 0.3) is 0 Å². The third-order valence-electron chi connectivity index (χ3n) is 5.90. The van der Waals surface area contributed by atoms with Crippen LogP contribution in [0.1, 0.15) is 50.6 Å². The number of aliphatic hydroxyl groups is 1. The highest BCUT2D eigenvalue weighted by Gasteiger charge is 2.41. The fourth-order valence-corrected chi connectivity index (χ4v) is 4.18. The summed E-state index contributed by atoms with van der Waals surface area (Å²) in [7, 11) is 0. The van der Waals surface area contributed by atoms with E-state index in [-0.39, 0.29) is 6.04 Å². The summed E-state index contributed by atoms with van der Waals surface area (Å²) in [6.07, 6.45) is 3.21. The van der Waals surface area contributed by atoms with Gasteiger partial charge in [-0.15, -0.1) is 0 Å². The largest absolute Gasteiger partial charge is 0.433 e. The van der Waals surface area contributed by atoms with E-state index >= 15 is 0 Å². The molecule has 8 heteroatoms. The Balaban J connectivity index is 1.43. The Morgan fingerprint density at radius 3 is 2.31 bits per heavy atom. The lowest BCUT2D eigenvalue weighted by Gasteiger charge is -2.44. The van der Waals surface area contributed by atoms with Crippen molar-refractivity contribution >= 4 is 5.82 Å². The Morgan fingerprint density at radius 1 is 1.12 bits per heavy atom. The molecule has 2 aliphatic carbocycles. The number of halogens is 3. The van der Waals surface area contributed by atoms with Gasteiger partial charge in [-0.1, -0.05) is 0 Å². The average molecular weight is 370 g/mol. The number of β-amino-alcohol motifs (C(OH)–C–C–N with tert-alkyl or cyclic N) is 1. The lowest BCUT2D eigenvalue weighted by Crippen LogP contribution is -2.52. The first-order chi connectivity index (χ1) is 12.3. The molecule has 0 spiro atoms. The molecular weight excluding hydrogens is 345 g/mol. The van der Waals surface area contributed by atoms with Gasteiger partial charge in [0.1, 0.15) is 17.8 Å². The van der Waals surface area contributed by atoms with Gasteiger partial charge >= 0.3 is 6.18 Å². The van der Waals surface area contributed by atoms with Gasteiger partial charge in [0.2, 0.25) is 0 Å². The van der Waals surface area contributed by atoms with Crippen molar-refractivity contribution < 1.29 is 18.3 Å². The molecule has 144 valence electrons. The number of rotatable bonds is 5. The van der Waals surface area contributed by atoms with Crippen molar-refractivity contribution in [2.24, 2.45) is 0 Å². The first-order valence-corrected chi connectivity index (χ1v) is 9.46. The molecule has 2 saturated carbocycles. The lowest BCUT2D eigenvalue weighted by molar-refractivity contribution is -0.141. The molecule has 1 saturated heterocycles. The highest BCUT2D eigenvalue weighted by molar-refractivity contribution is 5.44. The van der Waals surface area contributed by atoms with Crippen molar-refractivity contribution in [3.05, 3.63) is 18.1 Å². The first kappa shape index (κ1) is 18.0. The Bertz CT molecular complexity index is 638. The molecule has 3 fully saturated rings. The third kappa shape index (κ3) is 3.81. The van der Waals surface area contributed by atoms with E-state index in [1.807, 2.05) is 0 Å². The van der Waals surface area contributed by atoms with Crippen LogP contribution in [-0.2, 0) is 6.18 Å². The van der Waals surface area contributed by atoms with Crippen molar-refractivity contribution in [1.82, 2.24) is 14.9 Å². The molecule has 1 N–H and O–H groups in total. The summed E-state index contributed by atoms with van der Waals surface area (Å²) < 4.78 is 39.0. The monoisotopic (exact) mass is 370 g/mol. The van der Waals surface area contributed by atoms with Crippen LogP contribution in [0.25, 0.3) is 0 Å². The Hall–Kier alpha value is -1.41. The van der Waals surface area contributed by atoms with E-state index in [4.69, 9.17) is 0 Å². The predicted octanol–water partition coefficient (Wildman–Crippen LogP) is 2.84. The zero-order valence-electron chi connectivity index (χ0n) is 14.8. The number of hydrogen-bond donors (Lipinski definition) is 1. The number of alkyl halides is 3. The summed E-state index contributed by atoms with van der Waals surface area (Å²) in [4.78, 5) is 11.9. The number of anilines is 1. The molecule has 0 unspecified atom stereocenters. The van der Waals surface area contributed by atoms with Crippen LogP contribution >= 0.6 is 0 Å². The standard InChI is InChI=1S/C18H25F3N4O/c19-18(20,21)15-10-16(23-12-22-15)25(13-2-3-13)14-4-8-24(9-5-14)11-17(26)6-1-7-17/h10,12-14,26H,1-9,11H2. The van der Waals surface area contributed by atoms with Gasteiger partial charge < -0.3 is 14.9 Å². The summed E-state index contributed by atoms with van der Waals surface area (Å²) in [5, 5.41) is 10.3. The number of nitrogens with zero attached hydrogens (tertiary/aromatic N) is 4. The van der Waals surface area contributed by atoms with E-state index in [0.29, 0.717) is 11.9 Å². The number of piperidine rings is 1. The molecule has 0 aromatic carbocycles. The van der Waals surface area contributed by atoms with Crippen LogP contribution in [0.2, 0.25) is 0 Å². The Morgan fingerprint density at radius 2 is 1.77 bits per heavy atom. The van der Waals surface area contributed by atoms with E-state index in [1.165, 1.54) is 0 Å². The SMILES string of the molecule is OC1(CN2CCC(N(c3cc(C(F)(F)F)ncn3)C3CC3)CC2)CCC1. The van der Waals surface area contributed by atoms with Gasteiger partial charge in [0, 0.05) is 37.8 Å². The van der Waals surface area contributed by atoms with E-state index in [9.17, 15) is 18.3 Å². The Labute approximate surface area is 151 Å². The summed E-state index contributed by atoms with van der Waals surface area (Å²) in [6.45, 7) is 2.45. The maximum Gasteiger partial charge on any atom is 0.433 e. The molecule has 0 atom stereocenters. The van der Waals surface area contributed by atoms with E-state index < -0.39 is 17.5 Å². The highest BCUT2D eigenvalue weighted by atomic mass is 19.4. The van der Waals surface area contributed by atoms with E-state index in [1.54, 1.807) is 0 Å². The fraction of sp³-hybridized carbons (Fsp3) is 0.778. The van der Waals surface area contributed by atoms with Crippen LogP contribution in [0, 0.1) is 0 Å². The molecule has 1 aliphatic heterocycles. The molecule has 0 amide bonds. The molecule has 0 radical (unpaired) electrons. The van der Waals surface area contributed by atoms with Crippen molar-refractivity contribution in [2.45, 2.75) is 68.8 Å². The maximum atomic E-state index is 13.0. The normalized spacial score (nSPS) is 24.3. The minimum atomic E-state index is -4.45. The second kappa shape index (κ2) is 6.64. The molecule has 5 nitrogen and oxygen atoms in total. The summed E-state index contributed by atoms with van der Waals surface area (Å²) >= 11 is 0. The minimum absolute atomic E-state index is 0.200. The van der Waals surface area contributed by atoms with Gasteiger partial charge in [-0.2, -0.15) is 13.2 Å². The molecule has 26 heavy (non-hydrogen) atoms. The van der Waals surface area contributed by atoms with Gasteiger partial charge in [-0.3, -0.25) is 0 Å². The molecule has 2 heterocycles.